The molecule has 8 heteroatoms. The molecule has 0 spiro atoms. The van der Waals surface area contributed by atoms with Crippen molar-refractivity contribution in [2.75, 3.05) is 25.5 Å². The highest BCUT2D eigenvalue weighted by molar-refractivity contribution is 6.32. The Morgan fingerprint density at radius 1 is 1.18 bits per heavy atom. The van der Waals surface area contributed by atoms with Crippen molar-refractivity contribution in [3.8, 4) is 11.5 Å². The van der Waals surface area contributed by atoms with Crippen molar-refractivity contribution in [2.24, 2.45) is 0 Å². The van der Waals surface area contributed by atoms with Gasteiger partial charge in [-0.25, -0.2) is 9.97 Å². The molecule has 0 unspecified atom stereocenters. The third kappa shape index (κ3) is 4.41. The van der Waals surface area contributed by atoms with Crippen molar-refractivity contribution in [2.45, 2.75) is 18.9 Å². The number of fused-ring (bicyclic) bond motifs is 1. The summed E-state index contributed by atoms with van der Waals surface area (Å²) in [5, 5.41) is 14.0. The number of benzene rings is 2. The smallest absolute Gasteiger partial charge is 0.145 e. The molecule has 0 amide bonds. The summed E-state index contributed by atoms with van der Waals surface area (Å²) in [6, 6.07) is 10.8. The summed E-state index contributed by atoms with van der Waals surface area (Å²) in [5.74, 6) is 1.46. The molecule has 6 nitrogen and oxygen atoms in total. The van der Waals surface area contributed by atoms with E-state index in [-0.39, 0.29) is 29.3 Å². The van der Waals surface area contributed by atoms with Gasteiger partial charge >= 0.3 is 0 Å². The number of nitrogens with one attached hydrogen (secondary N) is 1. The number of rotatable bonds is 4. The summed E-state index contributed by atoms with van der Waals surface area (Å²) in [4.78, 5) is 11.1. The van der Waals surface area contributed by atoms with Gasteiger partial charge in [0.1, 0.15) is 29.7 Å². The van der Waals surface area contributed by atoms with Crippen LogP contribution in [-0.2, 0) is 0 Å². The minimum Gasteiger partial charge on any atom is -0.506 e. The van der Waals surface area contributed by atoms with E-state index in [0.29, 0.717) is 5.82 Å². The zero-order valence-electron chi connectivity index (χ0n) is 15.4. The first-order valence-electron chi connectivity index (χ1n) is 8.94. The van der Waals surface area contributed by atoms with E-state index >= 15 is 0 Å². The van der Waals surface area contributed by atoms with Crippen LogP contribution in [0.15, 0.2) is 42.7 Å². The number of aromatic nitrogens is 2. The highest BCUT2D eigenvalue weighted by Crippen LogP contribution is 2.34. The van der Waals surface area contributed by atoms with Gasteiger partial charge in [0.15, 0.2) is 0 Å². The van der Waals surface area contributed by atoms with Crippen LogP contribution in [0, 0.1) is 0 Å². The molecule has 1 fully saturated rings. The predicted octanol–water partition coefficient (Wildman–Crippen LogP) is 4.63. The Morgan fingerprint density at radius 3 is 2.71 bits per heavy atom. The number of hydrogen-bond acceptors (Lipinski definition) is 6. The quantitative estimate of drug-likeness (QED) is 0.599. The summed E-state index contributed by atoms with van der Waals surface area (Å²) in [7, 11) is 2.13. The van der Waals surface area contributed by atoms with Crippen LogP contribution in [0.25, 0.3) is 10.9 Å². The maximum Gasteiger partial charge on any atom is 0.145 e. The highest BCUT2D eigenvalue weighted by atomic mass is 35.5. The number of halogens is 2. The van der Waals surface area contributed by atoms with Crippen LogP contribution in [0.4, 0.5) is 11.5 Å². The van der Waals surface area contributed by atoms with Crippen LogP contribution in [0.2, 0.25) is 5.02 Å². The molecule has 1 aliphatic rings. The molecule has 148 valence electrons. The lowest BCUT2D eigenvalue weighted by Crippen LogP contribution is -2.35. The molecule has 0 atom stereocenters. The van der Waals surface area contributed by atoms with Crippen LogP contribution in [-0.4, -0.2) is 46.2 Å². The largest absolute Gasteiger partial charge is 0.506 e. The van der Waals surface area contributed by atoms with Crippen LogP contribution in [0.5, 0.6) is 11.5 Å². The molecule has 2 heterocycles. The van der Waals surface area contributed by atoms with Gasteiger partial charge in [0.2, 0.25) is 0 Å². The Labute approximate surface area is 174 Å². The Hall–Kier alpha value is -2.28. The first-order valence-corrected chi connectivity index (χ1v) is 9.32. The van der Waals surface area contributed by atoms with Crippen molar-refractivity contribution < 1.29 is 9.84 Å². The molecule has 4 rings (SSSR count). The summed E-state index contributed by atoms with van der Waals surface area (Å²) in [6.07, 6.45) is 3.70. The van der Waals surface area contributed by atoms with E-state index in [1.54, 1.807) is 18.2 Å². The second-order valence-corrected chi connectivity index (χ2v) is 7.19. The van der Waals surface area contributed by atoms with E-state index in [0.717, 1.165) is 48.3 Å². The van der Waals surface area contributed by atoms with E-state index in [4.69, 9.17) is 16.3 Å². The van der Waals surface area contributed by atoms with Gasteiger partial charge in [-0.1, -0.05) is 17.7 Å². The van der Waals surface area contributed by atoms with Gasteiger partial charge in [-0.2, -0.15) is 0 Å². The van der Waals surface area contributed by atoms with Gasteiger partial charge in [0.05, 0.1) is 15.9 Å². The molecule has 0 aliphatic carbocycles. The third-order valence-corrected chi connectivity index (χ3v) is 5.10. The Kier molecular flexibility index (Phi) is 6.44. The van der Waals surface area contributed by atoms with E-state index < -0.39 is 0 Å². The second kappa shape index (κ2) is 8.82. The van der Waals surface area contributed by atoms with E-state index in [9.17, 15) is 5.11 Å². The van der Waals surface area contributed by atoms with Crippen LogP contribution >= 0.6 is 24.0 Å². The molecule has 2 N–H and O–H groups in total. The maximum atomic E-state index is 9.62. The molecule has 1 aromatic heterocycles. The van der Waals surface area contributed by atoms with Gasteiger partial charge in [0, 0.05) is 18.8 Å². The zero-order valence-corrected chi connectivity index (χ0v) is 17.0. The number of hydrogen-bond donors (Lipinski definition) is 2. The molecule has 0 saturated carbocycles. The van der Waals surface area contributed by atoms with Crippen LogP contribution < -0.4 is 10.1 Å². The number of phenols is 1. The SMILES string of the molecule is CN1CCC(Oc2cccc3ncnc(Nc4ccc(O)c(Cl)c4)c23)CC1.Cl. The molecule has 0 radical (unpaired) electrons. The van der Waals surface area contributed by atoms with Gasteiger partial charge < -0.3 is 20.1 Å². The number of likely N-dealkylation sites (tertiary alicyclic amines) is 1. The summed E-state index contributed by atoms with van der Waals surface area (Å²) < 4.78 is 6.33. The first-order chi connectivity index (χ1) is 13.1. The Bertz CT molecular complexity index is 957. The topological polar surface area (TPSA) is 70.5 Å². The number of nitrogens with zero attached hydrogens (tertiary/aromatic N) is 3. The van der Waals surface area contributed by atoms with E-state index in [1.807, 2.05) is 18.2 Å². The minimum atomic E-state index is 0. The van der Waals surface area contributed by atoms with Crippen molar-refractivity contribution >= 4 is 46.4 Å². The molecule has 3 aromatic rings. The van der Waals surface area contributed by atoms with E-state index in [1.165, 1.54) is 6.33 Å². The number of anilines is 2. The Morgan fingerprint density at radius 2 is 1.96 bits per heavy atom. The fourth-order valence-corrected chi connectivity index (χ4v) is 3.46. The van der Waals surface area contributed by atoms with Gasteiger partial charge in [0.25, 0.3) is 0 Å². The van der Waals surface area contributed by atoms with Crippen molar-refractivity contribution in [1.82, 2.24) is 14.9 Å². The summed E-state index contributed by atoms with van der Waals surface area (Å²) in [5.41, 5.74) is 1.54. The number of phenolic OH excluding ortho intramolecular Hbond substituents is 1. The number of aromatic hydroxyl groups is 1. The van der Waals surface area contributed by atoms with Crippen LogP contribution in [0.1, 0.15) is 12.8 Å². The number of piperidine rings is 1. The fourth-order valence-electron chi connectivity index (χ4n) is 3.28. The van der Waals surface area contributed by atoms with Gasteiger partial charge in [-0.15, -0.1) is 12.4 Å². The average Bonchev–Trinajstić information content (AvgIpc) is 2.67. The molecule has 2 aromatic carbocycles. The minimum absolute atomic E-state index is 0. The maximum absolute atomic E-state index is 9.62. The fraction of sp³-hybridized carbons (Fsp3) is 0.300. The standard InChI is InChI=1S/C20H21ClN4O2.ClH/c1-25-9-7-14(8-10-25)27-18-4-2-3-16-19(18)20(23-12-22-16)24-13-5-6-17(26)15(21)11-13;/h2-6,11-12,14,26H,7-10H2,1H3,(H,22,23,24);1H. The second-order valence-electron chi connectivity index (χ2n) is 6.78. The monoisotopic (exact) mass is 420 g/mol. The number of ether oxygens (including phenoxy) is 1. The molecular formula is C20H22Cl2N4O2. The lowest BCUT2D eigenvalue weighted by Gasteiger charge is -2.29. The summed E-state index contributed by atoms with van der Waals surface area (Å²) >= 11 is 6.02. The normalized spacial score (nSPS) is 15.2. The molecule has 1 aliphatic heterocycles. The van der Waals surface area contributed by atoms with E-state index in [2.05, 4.69) is 27.2 Å². The van der Waals surface area contributed by atoms with Crippen molar-refractivity contribution in [3.05, 3.63) is 47.7 Å². The zero-order chi connectivity index (χ0) is 18.8. The predicted molar refractivity (Wildman–Crippen MR) is 114 cm³/mol. The molecule has 1 saturated heterocycles. The van der Waals surface area contributed by atoms with Crippen molar-refractivity contribution in [3.63, 3.8) is 0 Å². The molecule has 28 heavy (non-hydrogen) atoms. The highest BCUT2D eigenvalue weighted by Gasteiger charge is 2.20. The van der Waals surface area contributed by atoms with Crippen molar-refractivity contribution in [1.29, 1.82) is 0 Å². The lowest BCUT2D eigenvalue weighted by atomic mass is 10.1. The van der Waals surface area contributed by atoms with Crippen LogP contribution in [0.3, 0.4) is 0 Å². The summed E-state index contributed by atoms with van der Waals surface area (Å²) in [6.45, 7) is 2.06. The molecular weight excluding hydrogens is 399 g/mol. The lowest BCUT2D eigenvalue weighted by molar-refractivity contribution is 0.116. The Balaban J connectivity index is 0.00000225. The third-order valence-electron chi connectivity index (χ3n) is 4.79. The molecule has 0 bridgehead atoms. The van der Waals surface area contributed by atoms with Gasteiger partial charge in [-0.3, -0.25) is 0 Å². The average molecular weight is 421 g/mol. The first kappa shape index (κ1) is 20.5. The van der Waals surface area contributed by atoms with Gasteiger partial charge in [-0.05, 0) is 50.2 Å².